The molecule has 0 fully saturated rings. The second-order valence-corrected chi connectivity index (χ2v) is 5.11. The molecule has 1 N–H and O–H groups in total. The van der Waals surface area contributed by atoms with Gasteiger partial charge in [-0.15, -0.1) is 0 Å². The van der Waals surface area contributed by atoms with Crippen molar-refractivity contribution in [2.24, 2.45) is 5.92 Å². The highest BCUT2D eigenvalue weighted by atomic mass is 16.5. The van der Waals surface area contributed by atoms with E-state index in [9.17, 15) is 9.90 Å². The second kappa shape index (κ2) is 7.79. The lowest BCUT2D eigenvalue weighted by molar-refractivity contribution is -0.911. The maximum atomic E-state index is 10.8. The number of hydrogen-bond acceptors (Lipinski definition) is 3. The van der Waals surface area contributed by atoms with E-state index in [4.69, 9.17) is 4.74 Å². The van der Waals surface area contributed by atoms with Gasteiger partial charge in [0.05, 0.1) is 19.1 Å². The Labute approximate surface area is 115 Å². The molecule has 4 heteroatoms. The van der Waals surface area contributed by atoms with Gasteiger partial charge in [0.25, 0.3) is 0 Å². The van der Waals surface area contributed by atoms with E-state index in [1.54, 1.807) is 0 Å². The van der Waals surface area contributed by atoms with Gasteiger partial charge in [0.2, 0.25) is 0 Å². The molecule has 19 heavy (non-hydrogen) atoms. The molecule has 0 spiro atoms. The number of nitrogens with one attached hydrogen (secondary N) is 1. The zero-order valence-electron chi connectivity index (χ0n) is 11.9. The van der Waals surface area contributed by atoms with E-state index in [0.717, 1.165) is 22.8 Å². The fourth-order valence-electron chi connectivity index (χ4n) is 2.20. The summed E-state index contributed by atoms with van der Waals surface area (Å²) in [7, 11) is 0. The summed E-state index contributed by atoms with van der Waals surface area (Å²) in [5.74, 6) is 0.266. The number of ether oxygens (including phenoxy) is 1. The van der Waals surface area contributed by atoms with Crippen LogP contribution in [0.1, 0.15) is 26.3 Å². The van der Waals surface area contributed by atoms with Gasteiger partial charge in [-0.05, 0) is 19.1 Å². The van der Waals surface area contributed by atoms with Crippen molar-refractivity contribution in [3.8, 4) is 5.75 Å². The fraction of sp³-hybridized carbons (Fsp3) is 0.533. The summed E-state index contributed by atoms with van der Waals surface area (Å²) in [4.78, 5) is 11.8. The predicted molar refractivity (Wildman–Crippen MR) is 71.9 cm³/mol. The van der Waals surface area contributed by atoms with E-state index in [0.29, 0.717) is 19.1 Å². The molecule has 0 aliphatic heterocycles. The molecule has 0 aromatic heterocycles. The van der Waals surface area contributed by atoms with Crippen LogP contribution < -0.4 is 14.7 Å². The van der Waals surface area contributed by atoms with Crippen molar-refractivity contribution in [2.75, 3.05) is 19.7 Å². The van der Waals surface area contributed by atoms with Gasteiger partial charge >= 0.3 is 0 Å². The number of para-hydroxylation sites is 1. The summed E-state index contributed by atoms with van der Waals surface area (Å²) < 4.78 is 5.57. The Kier molecular flexibility index (Phi) is 6.36. The third-order valence-corrected chi connectivity index (χ3v) is 2.80. The summed E-state index contributed by atoms with van der Waals surface area (Å²) in [6, 6.07) is 7.78. The van der Waals surface area contributed by atoms with Crippen molar-refractivity contribution in [1.29, 1.82) is 0 Å². The van der Waals surface area contributed by atoms with Crippen molar-refractivity contribution >= 4 is 5.97 Å². The molecule has 4 nitrogen and oxygen atoms in total. The van der Waals surface area contributed by atoms with Crippen molar-refractivity contribution < 1.29 is 19.5 Å². The fourth-order valence-corrected chi connectivity index (χ4v) is 2.20. The number of hydrogen-bond donors (Lipinski definition) is 1. The molecular formula is C15H23NO3. The van der Waals surface area contributed by atoms with Gasteiger partial charge in [-0.25, -0.2) is 0 Å². The zero-order valence-corrected chi connectivity index (χ0v) is 11.9. The minimum Gasteiger partial charge on any atom is -0.544 e. The highest BCUT2D eigenvalue weighted by molar-refractivity contribution is 5.65. The number of carboxylic acid groups (broad SMARTS) is 1. The van der Waals surface area contributed by atoms with Crippen LogP contribution in [0.2, 0.25) is 0 Å². The lowest BCUT2D eigenvalue weighted by atomic mass is 10.1. The minimum atomic E-state index is -1.01. The molecule has 1 atom stereocenters. The van der Waals surface area contributed by atoms with Gasteiger partial charge in [-0.3, -0.25) is 0 Å². The SMILES string of the molecule is CCOc1ccccc1C[NH+](CC(=O)[O-])CC(C)C. The maximum Gasteiger partial charge on any atom is 0.128 e. The van der Waals surface area contributed by atoms with Gasteiger partial charge in [0.1, 0.15) is 18.8 Å². The van der Waals surface area contributed by atoms with E-state index in [-0.39, 0.29) is 6.54 Å². The van der Waals surface area contributed by atoms with Gasteiger partial charge in [0, 0.05) is 11.5 Å². The highest BCUT2D eigenvalue weighted by Crippen LogP contribution is 2.16. The Morgan fingerprint density at radius 3 is 2.63 bits per heavy atom. The molecule has 1 unspecified atom stereocenters. The number of aliphatic carboxylic acids is 1. The Hall–Kier alpha value is -1.55. The average molecular weight is 265 g/mol. The van der Waals surface area contributed by atoms with E-state index in [1.807, 2.05) is 31.2 Å². The van der Waals surface area contributed by atoms with Crippen LogP contribution in [0, 0.1) is 5.92 Å². The van der Waals surface area contributed by atoms with Crippen LogP contribution in [-0.4, -0.2) is 25.7 Å². The van der Waals surface area contributed by atoms with Crippen molar-refractivity contribution in [3.63, 3.8) is 0 Å². The van der Waals surface area contributed by atoms with E-state index < -0.39 is 5.97 Å². The third kappa shape index (κ3) is 5.75. The third-order valence-electron chi connectivity index (χ3n) is 2.80. The quantitative estimate of drug-likeness (QED) is 0.713. The molecule has 1 aromatic rings. The largest absolute Gasteiger partial charge is 0.544 e. The topological polar surface area (TPSA) is 53.8 Å². The van der Waals surface area contributed by atoms with Crippen LogP contribution >= 0.6 is 0 Å². The molecule has 106 valence electrons. The average Bonchev–Trinajstić information content (AvgIpc) is 2.30. The summed E-state index contributed by atoms with van der Waals surface area (Å²) in [6.45, 7) is 8.19. The molecule has 1 aromatic carbocycles. The van der Waals surface area contributed by atoms with Gasteiger partial charge in [-0.1, -0.05) is 26.0 Å². The van der Waals surface area contributed by atoms with Gasteiger partial charge in [-0.2, -0.15) is 0 Å². The molecule has 0 saturated carbocycles. The standard InChI is InChI=1S/C15H23NO3/c1-4-19-14-8-6-5-7-13(14)10-16(9-12(2)3)11-15(17)18/h5-8,12H,4,9-11H2,1-3H3,(H,17,18). The smallest absolute Gasteiger partial charge is 0.128 e. The first kappa shape index (κ1) is 15.5. The Bertz CT molecular complexity index is 404. The minimum absolute atomic E-state index is 0.0264. The predicted octanol–water partition coefficient (Wildman–Crippen LogP) is -0.124. The molecule has 0 saturated heterocycles. The molecule has 0 radical (unpaired) electrons. The van der Waals surface area contributed by atoms with Crippen LogP contribution in [0.4, 0.5) is 0 Å². The molecule has 0 bridgehead atoms. The first-order valence-electron chi connectivity index (χ1n) is 6.77. The Balaban J connectivity index is 2.79. The monoisotopic (exact) mass is 265 g/mol. The number of benzene rings is 1. The first-order valence-corrected chi connectivity index (χ1v) is 6.77. The molecule has 0 amide bonds. The van der Waals surface area contributed by atoms with E-state index >= 15 is 0 Å². The van der Waals surface area contributed by atoms with E-state index in [2.05, 4.69) is 13.8 Å². The highest BCUT2D eigenvalue weighted by Gasteiger charge is 2.14. The maximum absolute atomic E-state index is 10.8. The molecule has 1 rings (SSSR count). The number of carbonyl (C=O) groups is 1. The summed E-state index contributed by atoms with van der Waals surface area (Å²) >= 11 is 0. The van der Waals surface area contributed by atoms with Gasteiger partial charge in [0.15, 0.2) is 0 Å². The number of carboxylic acids is 1. The lowest BCUT2D eigenvalue weighted by Crippen LogP contribution is -3.12. The molecule has 0 aliphatic carbocycles. The van der Waals surface area contributed by atoms with Gasteiger partial charge < -0.3 is 19.5 Å². The molecular weight excluding hydrogens is 242 g/mol. The second-order valence-electron chi connectivity index (χ2n) is 5.11. The van der Waals surface area contributed by atoms with Crippen LogP contribution in [0.5, 0.6) is 5.75 Å². The number of quaternary nitrogens is 1. The number of carbonyl (C=O) groups excluding carboxylic acids is 1. The van der Waals surface area contributed by atoms with Crippen molar-refractivity contribution in [3.05, 3.63) is 29.8 Å². The Morgan fingerprint density at radius 1 is 1.37 bits per heavy atom. The summed E-state index contributed by atoms with van der Waals surface area (Å²) in [6.07, 6.45) is 0. The van der Waals surface area contributed by atoms with Crippen LogP contribution in [0.15, 0.2) is 24.3 Å². The van der Waals surface area contributed by atoms with Crippen LogP contribution in [0.3, 0.4) is 0 Å². The Morgan fingerprint density at radius 2 is 2.05 bits per heavy atom. The summed E-state index contributed by atoms with van der Waals surface area (Å²) in [5.41, 5.74) is 1.04. The molecule has 0 heterocycles. The van der Waals surface area contributed by atoms with Crippen molar-refractivity contribution in [1.82, 2.24) is 0 Å². The van der Waals surface area contributed by atoms with Crippen LogP contribution in [0.25, 0.3) is 0 Å². The molecule has 0 aliphatic rings. The van der Waals surface area contributed by atoms with Crippen LogP contribution in [-0.2, 0) is 11.3 Å². The van der Waals surface area contributed by atoms with E-state index in [1.165, 1.54) is 0 Å². The number of rotatable bonds is 8. The van der Waals surface area contributed by atoms with Crippen molar-refractivity contribution in [2.45, 2.75) is 27.3 Å². The normalized spacial score (nSPS) is 12.4. The first-order chi connectivity index (χ1) is 9.02. The zero-order chi connectivity index (χ0) is 14.3. The summed E-state index contributed by atoms with van der Waals surface area (Å²) in [5, 5.41) is 10.8. The lowest BCUT2D eigenvalue weighted by Gasteiger charge is -2.22.